The number of para-hydroxylation sites is 1. The van der Waals surface area contributed by atoms with E-state index in [1.54, 1.807) is 15.3 Å². The molecule has 7 rings (SSSR count). The Morgan fingerprint density at radius 2 is 1.85 bits per heavy atom. The molecule has 5 heterocycles. The van der Waals surface area contributed by atoms with Crippen LogP contribution >= 0.6 is 0 Å². The van der Waals surface area contributed by atoms with Crippen LogP contribution in [0.2, 0.25) is 0 Å². The molecule has 236 valence electrons. The number of ether oxygens (including phenoxy) is 1. The normalized spacial score (nSPS) is 14.6. The standard InChI is InChI=1S/C32H33N9O4S/c1-20-8-9-40-28(20)32(42)41(24-6-4-3-5-7-24)31(38-40)21(2)37-30-27-26(17-34-29(27)35-19-36-30)23-14-22(18-46(33,43)44)15-25(16-23)39-10-12-45-13-11-39/h3-9,14-17,19,21H,10-13,18H2,1-2H3,(H2,33,43,44)(H2,34,35,36,37)/t21-/m0/s1. The minimum absolute atomic E-state index is 0.176. The van der Waals surface area contributed by atoms with Gasteiger partial charge in [0.15, 0.2) is 5.82 Å². The smallest absolute Gasteiger partial charge is 0.282 e. The molecule has 6 aromatic rings. The van der Waals surface area contributed by atoms with Gasteiger partial charge in [-0.05, 0) is 66.9 Å². The van der Waals surface area contributed by atoms with E-state index in [0.29, 0.717) is 65.7 Å². The van der Waals surface area contributed by atoms with Gasteiger partial charge in [-0.25, -0.2) is 28.0 Å². The number of aromatic amines is 1. The number of aromatic nitrogens is 6. The number of rotatable bonds is 8. The minimum atomic E-state index is -3.78. The average molecular weight is 640 g/mol. The van der Waals surface area contributed by atoms with E-state index in [4.69, 9.17) is 15.0 Å². The first-order chi connectivity index (χ1) is 22.2. The fourth-order valence-corrected chi connectivity index (χ4v) is 6.69. The Kier molecular flexibility index (Phi) is 7.55. The number of primary sulfonamides is 1. The number of nitrogens with two attached hydrogens (primary N) is 1. The van der Waals surface area contributed by atoms with Crippen LogP contribution in [0.15, 0.2) is 78.1 Å². The zero-order valence-electron chi connectivity index (χ0n) is 25.3. The SMILES string of the molecule is Cc1ccn2nc([C@H](C)Nc3ncnc4[nH]cc(-c5cc(CS(N)(=O)=O)cc(N6CCOCC6)c5)c34)n(-c3ccccc3)c(=O)c12. The van der Waals surface area contributed by atoms with Crippen molar-refractivity contribution in [2.24, 2.45) is 5.14 Å². The van der Waals surface area contributed by atoms with Crippen LogP contribution in [0.25, 0.3) is 33.4 Å². The molecule has 14 heteroatoms. The van der Waals surface area contributed by atoms with Crippen LogP contribution in [0.4, 0.5) is 11.5 Å². The number of sulfonamides is 1. The van der Waals surface area contributed by atoms with Crippen molar-refractivity contribution in [2.75, 3.05) is 36.5 Å². The first kappa shape index (κ1) is 29.6. The van der Waals surface area contributed by atoms with Gasteiger partial charge >= 0.3 is 0 Å². The third-order valence-corrected chi connectivity index (χ3v) is 8.91. The van der Waals surface area contributed by atoms with Crippen LogP contribution < -0.4 is 20.9 Å². The highest BCUT2D eigenvalue weighted by molar-refractivity contribution is 7.88. The molecule has 4 N–H and O–H groups in total. The van der Waals surface area contributed by atoms with E-state index in [0.717, 1.165) is 22.4 Å². The first-order valence-electron chi connectivity index (χ1n) is 14.9. The van der Waals surface area contributed by atoms with Crippen LogP contribution in [0.3, 0.4) is 0 Å². The molecular formula is C32H33N9O4S. The Bertz CT molecular complexity index is 2240. The third kappa shape index (κ3) is 5.62. The van der Waals surface area contributed by atoms with Crippen molar-refractivity contribution in [1.82, 2.24) is 29.1 Å². The number of benzene rings is 2. The maximum absolute atomic E-state index is 13.9. The summed E-state index contributed by atoms with van der Waals surface area (Å²) in [6.45, 7) is 6.34. The van der Waals surface area contributed by atoms with Gasteiger partial charge in [0.1, 0.15) is 23.3 Å². The summed E-state index contributed by atoms with van der Waals surface area (Å²) in [5, 5.41) is 14.5. The van der Waals surface area contributed by atoms with Crippen molar-refractivity contribution in [3.63, 3.8) is 0 Å². The predicted molar refractivity (Wildman–Crippen MR) is 177 cm³/mol. The monoisotopic (exact) mass is 639 g/mol. The molecule has 0 bridgehead atoms. The summed E-state index contributed by atoms with van der Waals surface area (Å²) in [5.41, 5.74) is 5.46. The van der Waals surface area contributed by atoms with Crippen LogP contribution in [-0.2, 0) is 20.5 Å². The molecule has 0 spiro atoms. The summed E-state index contributed by atoms with van der Waals surface area (Å²) in [7, 11) is -3.78. The Labute approximate surface area is 264 Å². The minimum Gasteiger partial charge on any atom is -0.378 e. The fourth-order valence-electron chi connectivity index (χ4n) is 6.06. The molecule has 0 saturated carbocycles. The van der Waals surface area contributed by atoms with Gasteiger partial charge in [-0.1, -0.05) is 18.2 Å². The number of anilines is 2. The summed E-state index contributed by atoms with van der Waals surface area (Å²) < 4.78 is 33.0. The summed E-state index contributed by atoms with van der Waals surface area (Å²) >= 11 is 0. The highest BCUT2D eigenvalue weighted by atomic mass is 32.2. The van der Waals surface area contributed by atoms with Crippen molar-refractivity contribution in [3.8, 4) is 16.8 Å². The van der Waals surface area contributed by atoms with Gasteiger partial charge in [0.2, 0.25) is 10.0 Å². The van der Waals surface area contributed by atoms with E-state index >= 15 is 0 Å². The Morgan fingerprint density at radius 3 is 2.61 bits per heavy atom. The molecular weight excluding hydrogens is 606 g/mol. The van der Waals surface area contributed by atoms with Crippen molar-refractivity contribution >= 4 is 38.1 Å². The second kappa shape index (κ2) is 11.7. The lowest BCUT2D eigenvalue weighted by Gasteiger charge is -2.29. The quantitative estimate of drug-likeness (QED) is 0.226. The summed E-state index contributed by atoms with van der Waals surface area (Å²) in [4.78, 5) is 28.3. The second-order valence-electron chi connectivity index (χ2n) is 11.4. The van der Waals surface area contributed by atoms with E-state index in [2.05, 4.69) is 25.2 Å². The predicted octanol–water partition coefficient (Wildman–Crippen LogP) is 3.53. The van der Waals surface area contributed by atoms with E-state index in [9.17, 15) is 13.2 Å². The van der Waals surface area contributed by atoms with E-state index in [1.165, 1.54) is 6.33 Å². The van der Waals surface area contributed by atoms with Crippen molar-refractivity contribution in [2.45, 2.75) is 25.6 Å². The molecule has 1 aliphatic rings. The molecule has 0 radical (unpaired) electrons. The second-order valence-corrected chi connectivity index (χ2v) is 13.0. The van der Waals surface area contributed by atoms with Crippen molar-refractivity contribution < 1.29 is 13.2 Å². The number of fused-ring (bicyclic) bond motifs is 2. The first-order valence-corrected chi connectivity index (χ1v) is 16.6. The number of hydrogen-bond acceptors (Lipinski definition) is 9. The van der Waals surface area contributed by atoms with Crippen LogP contribution in [0.1, 0.15) is 29.9 Å². The van der Waals surface area contributed by atoms with Gasteiger partial charge in [-0.3, -0.25) is 9.36 Å². The van der Waals surface area contributed by atoms with Gasteiger partial charge in [0.05, 0.1) is 36.1 Å². The van der Waals surface area contributed by atoms with E-state index in [1.807, 2.05) is 74.6 Å². The fraction of sp³-hybridized carbons (Fsp3) is 0.250. The molecule has 0 unspecified atom stereocenters. The Hall–Kier alpha value is -5.05. The number of hydrogen-bond donors (Lipinski definition) is 3. The van der Waals surface area contributed by atoms with Gasteiger partial charge in [0, 0.05) is 36.7 Å². The molecule has 1 saturated heterocycles. The molecule has 1 fully saturated rings. The third-order valence-electron chi connectivity index (χ3n) is 8.17. The zero-order valence-corrected chi connectivity index (χ0v) is 26.2. The van der Waals surface area contributed by atoms with Crippen LogP contribution in [0, 0.1) is 6.92 Å². The average Bonchev–Trinajstić information content (AvgIpc) is 3.65. The van der Waals surface area contributed by atoms with Gasteiger partial charge in [-0.2, -0.15) is 5.10 Å². The number of morpholine rings is 1. The molecule has 4 aromatic heterocycles. The number of H-pyrrole nitrogens is 1. The molecule has 46 heavy (non-hydrogen) atoms. The van der Waals surface area contributed by atoms with Gasteiger partial charge < -0.3 is 19.9 Å². The number of aryl methyl sites for hydroxylation is 1. The molecule has 0 amide bonds. The highest BCUT2D eigenvalue weighted by Gasteiger charge is 2.23. The number of nitrogens with one attached hydrogen (secondary N) is 2. The molecule has 13 nitrogen and oxygen atoms in total. The molecule has 2 aromatic carbocycles. The topological polar surface area (TPSA) is 166 Å². The maximum Gasteiger partial charge on any atom is 0.282 e. The molecule has 1 aliphatic heterocycles. The van der Waals surface area contributed by atoms with E-state index < -0.39 is 16.1 Å². The van der Waals surface area contributed by atoms with Gasteiger partial charge in [-0.15, -0.1) is 0 Å². The lowest BCUT2D eigenvalue weighted by molar-refractivity contribution is 0.122. The molecule has 0 aliphatic carbocycles. The van der Waals surface area contributed by atoms with Crippen LogP contribution in [-0.4, -0.2) is 63.9 Å². The van der Waals surface area contributed by atoms with Crippen molar-refractivity contribution in [3.05, 3.63) is 101 Å². The number of nitrogens with zero attached hydrogens (tertiary/aromatic N) is 6. The zero-order chi connectivity index (χ0) is 32.0. The summed E-state index contributed by atoms with van der Waals surface area (Å²) in [6.07, 6.45) is 5.08. The van der Waals surface area contributed by atoms with Crippen LogP contribution in [0.5, 0.6) is 0 Å². The largest absolute Gasteiger partial charge is 0.378 e. The van der Waals surface area contributed by atoms with Crippen molar-refractivity contribution in [1.29, 1.82) is 0 Å². The summed E-state index contributed by atoms with van der Waals surface area (Å²) in [6, 6.07) is 16.5. The Balaban J connectivity index is 1.34. The molecule has 1 atom stereocenters. The van der Waals surface area contributed by atoms with Gasteiger partial charge in [0.25, 0.3) is 5.56 Å². The summed E-state index contributed by atoms with van der Waals surface area (Å²) in [5.74, 6) is 0.715. The Morgan fingerprint density at radius 1 is 1.07 bits per heavy atom. The maximum atomic E-state index is 13.9. The lowest BCUT2D eigenvalue weighted by Crippen LogP contribution is -2.36. The van der Waals surface area contributed by atoms with E-state index in [-0.39, 0.29) is 11.3 Å². The lowest BCUT2D eigenvalue weighted by atomic mass is 10.0. The highest BCUT2D eigenvalue weighted by Crippen LogP contribution is 2.36.